The molecule has 0 spiro atoms. The summed E-state index contributed by atoms with van der Waals surface area (Å²) in [7, 11) is 0. The van der Waals surface area contributed by atoms with E-state index in [0.29, 0.717) is 0 Å². The Morgan fingerprint density at radius 2 is 0.966 bits per heavy atom. The fourth-order valence-corrected chi connectivity index (χ4v) is 3.76. The van der Waals surface area contributed by atoms with Crippen LogP contribution in [0.15, 0.2) is 72.8 Å². The Morgan fingerprint density at radius 1 is 0.517 bits per heavy atom. The first kappa shape index (κ1) is 17.7. The molecule has 0 atom stereocenters. The average molecular weight is 424 g/mol. The summed E-state index contributed by atoms with van der Waals surface area (Å²) < 4.78 is 0. The molecule has 2 aliphatic heterocycles. The molecule has 5 heteroatoms. The van der Waals surface area contributed by atoms with Crippen LogP contribution in [0.5, 0.6) is 0 Å². The quantitative estimate of drug-likeness (QED) is 0.302. The maximum Gasteiger partial charge on any atom is 0.0737 e. The molecule has 0 saturated carbocycles. The smallest absolute Gasteiger partial charge is 0.0737 e. The topological polar surface area (TPSA) is 57.4 Å². The van der Waals surface area contributed by atoms with E-state index in [4.69, 9.17) is 4.98 Å². The van der Waals surface area contributed by atoms with E-state index in [2.05, 4.69) is 87.7 Å². The van der Waals surface area contributed by atoms with E-state index in [1.54, 1.807) is 0 Å². The fourth-order valence-electron chi connectivity index (χ4n) is 3.76. The summed E-state index contributed by atoms with van der Waals surface area (Å²) in [5.74, 6) is 0. The van der Waals surface area contributed by atoms with Crippen molar-refractivity contribution in [1.29, 1.82) is 0 Å². The van der Waals surface area contributed by atoms with E-state index >= 15 is 0 Å². The zero-order valence-electron chi connectivity index (χ0n) is 15.3. The van der Waals surface area contributed by atoms with Crippen LogP contribution in [0.1, 0.15) is 11.4 Å². The molecule has 0 unspecified atom stereocenters. The summed E-state index contributed by atoms with van der Waals surface area (Å²) >= 11 is 0. The molecule has 0 fully saturated rings. The predicted molar refractivity (Wildman–Crippen MR) is 114 cm³/mol. The molecule has 143 valence electrons. The molecule has 8 bridgehead atoms. The van der Waals surface area contributed by atoms with Crippen LogP contribution in [0.4, 0.5) is 0 Å². The number of aromatic nitrogens is 4. The van der Waals surface area contributed by atoms with Crippen molar-refractivity contribution in [3.63, 3.8) is 0 Å². The molecular formula is C24H16CuN4. The first-order valence-corrected chi connectivity index (χ1v) is 9.26. The maximum atomic E-state index is 4.91. The normalized spacial score (nSPS) is 11.7. The Hall–Kier alpha value is -3.40. The van der Waals surface area contributed by atoms with Crippen molar-refractivity contribution in [2.45, 2.75) is 0 Å². The Labute approximate surface area is 177 Å². The van der Waals surface area contributed by atoms with Crippen molar-refractivity contribution in [1.82, 2.24) is 19.9 Å². The third-order valence-corrected chi connectivity index (χ3v) is 5.06. The summed E-state index contributed by atoms with van der Waals surface area (Å²) in [5, 5.41) is 0. The van der Waals surface area contributed by atoms with Gasteiger partial charge in [0.2, 0.25) is 0 Å². The molecule has 0 aliphatic carbocycles. The molecule has 29 heavy (non-hydrogen) atoms. The van der Waals surface area contributed by atoms with Crippen molar-refractivity contribution in [2.24, 2.45) is 0 Å². The minimum atomic E-state index is 0. The van der Waals surface area contributed by atoms with Gasteiger partial charge in [-0.1, -0.05) is 24.3 Å². The number of H-pyrrole nitrogens is 2. The van der Waals surface area contributed by atoms with Crippen LogP contribution in [-0.4, -0.2) is 19.9 Å². The molecule has 1 radical (unpaired) electrons. The summed E-state index contributed by atoms with van der Waals surface area (Å²) in [6.07, 6.45) is 4.06. The van der Waals surface area contributed by atoms with Gasteiger partial charge < -0.3 is 9.97 Å². The minimum absolute atomic E-state index is 0. The number of aromatic amines is 2. The van der Waals surface area contributed by atoms with Crippen molar-refractivity contribution in [3.05, 3.63) is 84.2 Å². The van der Waals surface area contributed by atoms with Crippen LogP contribution in [0, 0.1) is 0 Å². The van der Waals surface area contributed by atoms with Gasteiger partial charge in [-0.2, -0.15) is 0 Å². The molecule has 3 aromatic heterocycles. The van der Waals surface area contributed by atoms with Gasteiger partial charge in [0.15, 0.2) is 0 Å². The van der Waals surface area contributed by atoms with Crippen molar-refractivity contribution < 1.29 is 17.1 Å². The minimum Gasteiger partial charge on any atom is -0.355 e. The van der Waals surface area contributed by atoms with Crippen LogP contribution in [0.3, 0.4) is 0 Å². The number of rotatable bonds is 0. The van der Waals surface area contributed by atoms with Crippen LogP contribution >= 0.6 is 0 Å². The fraction of sp³-hybridized carbons (Fsp3) is 0. The van der Waals surface area contributed by atoms with Gasteiger partial charge in [0.25, 0.3) is 0 Å². The predicted octanol–water partition coefficient (Wildman–Crippen LogP) is 5.82. The third kappa shape index (κ3) is 3.21. The van der Waals surface area contributed by atoms with Gasteiger partial charge in [-0.25, -0.2) is 9.97 Å². The molecule has 2 N–H and O–H groups in total. The monoisotopic (exact) mass is 423 g/mol. The van der Waals surface area contributed by atoms with Crippen molar-refractivity contribution >= 4 is 34.2 Å². The Morgan fingerprint density at radius 3 is 1.45 bits per heavy atom. The second kappa shape index (κ2) is 6.89. The van der Waals surface area contributed by atoms with Gasteiger partial charge in [0, 0.05) is 50.3 Å². The number of hydrogen-bond acceptors (Lipinski definition) is 2. The van der Waals surface area contributed by atoms with Crippen molar-refractivity contribution in [2.75, 3.05) is 0 Å². The first-order chi connectivity index (χ1) is 13.8. The largest absolute Gasteiger partial charge is 0.355 e. The summed E-state index contributed by atoms with van der Waals surface area (Å²) in [4.78, 5) is 16.5. The second-order valence-electron chi connectivity index (χ2n) is 7.04. The Balaban J connectivity index is 0.00000181. The van der Waals surface area contributed by atoms with Gasteiger partial charge in [-0.05, 0) is 60.7 Å². The molecule has 2 aliphatic rings. The molecule has 0 saturated heterocycles. The summed E-state index contributed by atoms with van der Waals surface area (Å²) in [6.45, 7) is 0. The van der Waals surface area contributed by atoms with Gasteiger partial charge >= 0.3 is 0 Å². The van der Waals surface area contributed by atoms with E-state index in [1.165, 1.54) is 0 Å². The van der Waals surface area contributed by atoms with E-state index in [-0.39, 0.29) is 17.1 Å². The van der Waals surface area contributed by atoms with E-state index in [0.717, 1.165) is 56.0 Å². The Bertz CT molecular complexity index is 1320. The number of fused-ring (bicyclic) bond motifs is 11. The number of benzene rings is 1. The zero-order valence-corrected chi connectivity index (χ0v) is 16.2. The second-order valence-corrected chi connectivity index (χ2v) is 7.04. The number of hydrogen-bond donors (Lipinski definition) is 2. The molecule has 0 amide bonds. The molecule has 4 nitrogen and oxygen atoms in total. The SMILES string of the molecule is C1=Cc2cc3ccc(cc4nc(cc5ccc(cc1n2)[nH]5)-c1ccccc1-4)[nH]3.[Cu]. The van der Waals surface area contributed by atoms with Crippen LogP contribution in [0.2, 0.25) is 0 Å². The van der Waals surface area contributed by atoms with E-state index in [1.807, 2.05) is 12.2 Å². The number of nitrogens with one attached hydrogen (secondary N) is 2. The van der Waals surface area contributed by atoms with Crippen molar-refractivity contribution in [3.8, 4) is 22.5 Å². The van der Waals surface area contributed by atoms with Crippen LogP contribution in [-0.2, 0) is 17.1 Å². The van der Waals surface area contributed by atoms with Gasteiger partial charge in [-0.3, -0.25) is 0 Å². The first-order valence-electron chi connectivity index (χ1n) is 9.26. The number of nitrogens with zero attached hydrogens (tertiary/aromatic N) is 2. The van der Waals surface area contributed by atoms with Gasteiger partial charge in [0.1, 0.15) is 0 Å². The molecule has 4 aromatic rings. The summed E-state index contributed by atoms with van der Waals surface area (Å²) in [5.41, 5.74) is 10.2. The standard InChI is InChI=1S/C24H16N4.Cu/c1-2-4-22-21(3-1)23-13-19-9-7-17(26-19)11-15-5-6-16(25-15)12-18-8-10-20(27-18)14-24(22)28-23;/h1-14,26-27H;. The molecule has 6 rings (SSSR count). The average Bonchev–Trinajstić information content (AvgIpc) is 3.47. The van der Waals surface area contributed by atoms with E-state index < -0.39 is 0 Å². The molecule has 1 aromatic carbocycles. The zero-order chi connectivity index (χ0) is 18.5. The Kier molecular flexibility index (Phi) is 4.20. The third-order valence-electron chi connectivity index (χ3n) is 5.06. The molecular weight excluding hydrogens is 408 g/mol. The van der Waals surface area contributed by atoms with Gasteiger partial charge in [0.05, 0.1) is 22.8 Å². The van der Waals surface area contributed by atoms with E-state index in [9.17, 15) is 0 Å². The maximum absolute atomic E-state index is 4.91. The van der Waals surface area contributed by atoms with Gasteiger partial charge in [-0.15, -0.1) is 0 Å². The van der Waals surface area contributed by atoms with Crippen LogP contribution < -0.4 is 0 Å². The molecule has 5 heterocycles. The van der Waals surface area contributed by atoms with Crippen LogP contribution in [0.25, 0.3) is 56.7 Å². The summed E-state index contributed by atoms with van der Waals surface area (Å²) in [6, 6.07) is 24.9.